The number of carbonyl (C=O) groups is 2. The number of piperidine rings is 1. The Bertz CT molecular complexity index is 619. The minimum absolute atomic E-state index is 0.0901. The highest BCUT2D eigenvalue weighted by Crippen LogP contribution is 2.32. The van der Waals surface area contributed by atoms with Crippen LogP contribution in [0.15, 0.2) is 31.0 Å². The number of carbonyl (C=O) groups excluding carboxylic acids is 2. The molecule has 0 unspecified atom stereocenters. The number of rotatable bonds is 3. The molecule has 2 aliphatic heterocycles. The molecule has 1 aromatic rings. The van der Waals surface area contributed by atoms with Gasteiger partial charge in [0.1, 0.15) is 0 Å². The average Bonchev–Trinajstić information content (AvgIpc) is 2.94. The van der Waals surface area contributed by atoms with Gasteiger partial charge in [0, 0.05) is 44.0 Å². The highest BCUT2D eigenvalue weighted by molar-refractivity contribution is 5.95. The number of aromatic nitrogens is 1. The van der Waals surface area contributed by atoms with Crippen molar-refractivity contribution >= 4 is 11.8 Å². The standard InChI is InChI=1S/C16H18FN3O2/c1-2-6-19-7-4-12-9-20(10-13(12)16(19)22)15(21)11-3-5-18-14(17)8-11/h2-3,5,8,12-13H,1,4,6-7,9-10H2/t12-,13+/m0/s1. The Labute approximate surface area is 128 Å². The number of nitrogens with zero attached hydrogens (tertiary/aromatic N) is 3. The van der Waals surface area contributed by atoms with E-state index in [9.17, 15) is 14.0 Å². The summed E-state index contributed by atoms with van der Waals surface area (Å²) in [5, 5.41) is 0. The maximum atomic E-state index is 13.2. The molecule has 6 heteroatoms. The molecule has 3 rings (SSSR count). The molecule has 1 aromatic heterocycles. The maximum Gasteiger partial charge on any atom is 0.254 e. The van der Waals surface area contributed by atoms with Gasteiger partial charge in [-0.1, -0.05) is 6.08 Å². The van der Waals surface area contributed by atoms with Gasteiger partial charge in [-0.15, -0.1) is 6.58 Å². The molecule has 22 heavy (non-hydrogen) atoms. The predicted octanol–water partition coefficient (Wildman–Crippen LogP) is 1.33. The first kappa shape index (κ1) is 14.7. The first-order valence-corrected chi connectivity index (χ1v) is 7.40. The van der Waals surface area contributed by atoms with Gasteiger partial charge in [0.15, 0.2) is 0 Å². The van der Waals surface area contributed by atoms with E-state index >= 15 is 0 Å². The van der Waals surface area contributed by atoms with Crippen molar-refractivity contribution < 1.29 is 14.0 Å². The zero-order chi connectivity index (χ0) is 15.7. The summed E-state index contributed by atoms with van der Waals surface area (Å²) in [5.74, 6) is -0.768. The van der Waals surface area contributed by atoms with E-state index in [-0.39, 0.29) is 29.2 Å². The minimum Gasteiger partial charge on any atom is -0.339 e. The van der Waals surface area contributed by atoms with Gasteiger partial charge in [0.25, 0.3) is 5.91 Å². The monoisotopic (exact) mass is 303 g/mol. The second-order valence-electron chi connectivity index (χ2n) is 5.81. The Morgan fingerprint density at radius 2 is 2.32 bits per heavy atom. The number of pyridine rings is 1. The van der Waals surface area contributed by atoms with Gasteiger partial charge in [-0.05, 0) is 18.4 Å². The van der Waals surface area contributed by atoms with E-state index in [1.165, 1.54) is 12.3 Å². The van der Waals surface area contributed by atoms with Crippen LogP contribution in [0.1, 0.15) is 16.8 Å². The molecular weight excluding hydrogens is 285 g/mol. The fraction of sp³-hybridized carbons (Fsp3) is 0.438. The Kier molecular flexibility index (Phi) is 3.92. The molecule has 3 heterocycles. The van der Waals surface area contributed by atoms with Crippen molar-refractivity contribution in [2.45, 2.75) is 6.42 Å². The molecule has 0 saturated carbocycles. The van der Waals surface area contributed by atoms with Crippen molar-refractivity contribution in [2.24, 2.45) is 11.8 Å². The maximum absolute atomic E-state index is 13.2. The van der Waals surface area contributed by atoms with Crippen molar-refractivity contribution in [1.29, 1.82) is 0 Å². The molecule has 0 aliphatic carbocycles. The molecule has 0 N–H and O–H groups in total. The van der Waals surface area contributed by atoms with Crippen LogP contribution in [0.2, 0.25) is 0 Å². The fourth-order valence-corrected chi connectivity index (χ4v) is 3.33. The summed E-state index contributed by atoms with van der Waals surface area (Å²) in [7, 11) is 0. The van der Waals surface area contributed by atoms with E-state index in [4.69, 9.17) is 0 Å². The third-order valence-corrected chi connectivity index (χ3v) is 4.45. The molecule has 2 fully saturated rings. The highest BCUT2D eigenvalue weighted by atomic mass is 19.1. The Morgan fingerprint density at radius 1 is 1.50 bits per heavy atom. The second-order valence-corrected chi connectivity index (χ2v) is 5.81. The molecule has 0 aromatic carbocycles. The minimum atomic E-state index is -0.671. The van der Waals surface area contributed by atoms with Crippen molar-refractivity contribution in [1.82, 2.24) is 14.8 Å². The van der Waals surface area contributed by atoms with Crippen LogP contribution in [0.25, 0.3) is 0 Å². The van der Waals surface area contributed by atoms with E-state index < -0.39 is 5.95 Å². The lowest BCUT2D eigenvalue weighted by Gasteiger charge is -2.32. The lowest BCUT2D eigenvalue weighted by Crippen LogP contribution is -2.45. The zero-order valence-corrected chi connectivity index (χ0v) is 12.2. The zero-order valence-electron chi connectivity index (χ0n) is 12.2. The predicted molar refractivity (Wildman–Crippen MR) is 78.5 cm³/mol. The fourth-order valence-electron chi connectivity index (χ4n) is 3.33. The van der Waals surface area contributed by atoms with E-state index in [0.29, 0.717) is 26.2 Å². The van der Waals surface area contributed by atoms with E-state index in [2.05, 4.69) is 11.6 Å². The summed E-state index contributed by atoms with van der Waals surface area (Å²) in [6.07, 6.45) is 3.89. The molecule has 0 spiro atoms. The SMILES string of the molecule is C=CCN1CC[C@H]2CN(C(=O)c3ccnc(F)c3)C[C@H]2C1=O. The van der Waals surface area contributed by atoms with Crippen LogP contribution in [0.5, 0.6) is 0 Å². The van der Waals surface area contributed by atoms with Crippen LogP contribution in [0.3, 0.4) is 0 Å². The number of fused-ring (bicyclic) bond motifs is 1. The molecule has 5 nitrogen and oxygen atoms in total. The van der Waals surface area contributed by atoms with Gasteiger partial charge in [0.2, 0.25) is 11.9 Å². The van der Waals surface area contributed by atoms with Crippen LogP contribution in [-0.4, -0.2) is 52.8 Å². The molecule has 2 atom stereocenters. The van der Waals surface area contributed by atoms with E-state index in [0.717, 1.165) is 12.5 Å². The largest absolute Gasteiger partial charge is 0.339 e. The van der Waals surface area contributed by atoms with Crippen molar-refractivity contribution in [3.8, 4) is 0 Å². The van der Waals surface area contributed by atoms with Gasteiger partial charge in [-0.2, -0.15) is 4.39 Å². The summed E-state index contributed by atoms with van der Waals surface area (Å²) in [6.45, 7) is 5.88. The van der Waals surface area contributed by atoms with E-state index in [1.54, 1.807) is 15.9 Å². The number of likely N-dealkylation sites (tertiary alicyclic amines) is 2. The molecule has 116 valence electrons. The Morgan fingerprint density at radius 3 is 3.05 bits per heavy atom. The second kappa shape index (κ2) is 5.87. The lowest BCUT2D eigenvalue weighted by molar-refractivity contribution is -0.138. The smallest absolute Gasteiger partial charge is 0.254 e. The first-order valence-electron chi connectivity index (χ1n) is 7.40. The number of hydrogen-bond acceptors (Lipinski definition) is 3. The summed E-state index contributed by atoms with van der Waals surface area (Å²) in [4.78, 5) is 31.8. The quantitative estimate of drug-likeness (QED) is 0.625. The molecule has 2 amide bonds. The highest BCUT2D eigenvalue weighted by Gasteiger charge is 2.43. The van der Waals surface area contributed by atoms with Gasteiger partial charge in [-0.3, -0.25) is 9.59 Å². The van der Waals surface area contributed by atoms with Gasteiger partial charge < -0.3 is 9.80 Å². The topological polar surface area (TPSA) is 53.5 Å². The van der Waals surface area contributed by atoms with Gasteiger partial charge in [0.05, 0.1) is 5.92 Å². The lowest BCUT2D eigenvalue weighted by atomic mass is 9.88. The normalized spacial score (nSPS) is 24.3. The van der Waals surface area contributed by atoms with Crippen molar-refractivity contribution in [3.05, 3.63) is 42.5 Å². The summed E-state index contributed by atoms with van der Waals surface area (Å²) in [5.41, 5.74) is 0.279. The summed E-state index contributed by atoms with van der Waals surface area (Å²) in [6, 6.07) is 2.63. The van der Waals surface area contributed by atoms with Gasteiger partial charge >= 0.3 is 0 Å². The Hall–Kier alpha value is -2.24. The number of halogens is 1. The Balaban J connectivity index is 1.73. The van der Waals surface area contributed by atoms with Crippen LogP contribution in [-0.2, 0) is 4.79 Å². The first-order chi connectivity index (χ1) is 10.6. The number of amides is 2. The third kappa shape index (κ3) is 2.61. The summed E-state index contributed by atoms with van der Waals surface area (Å²) >= 11 is 0. The van der Waals surface area contributed by atoms with E-state index in [1.807, 2.05) is 0 Å². The molecule has 2 saturated heterocycles. The summed E-state index contributed by atoms with van der Waals surface area (Å²) < 4.78 is 13.2. The van der Waals surface area contributed by atoms with Crippen molar-refractivity contribution in [2.75, 3.05) is 26.2 Å². The van der Waals surface area contributed by atoms with Crippen molar-refractivity contribution in [3.63, 3.8) is 0 Å². The third-order valence-electron chi connectivity index (χ3n) is 4.45. The number of hydrogen-bond donors (Lipinski definition) is 0. The average molecular weight is 303 g/mol. The molecular formula is C16H18FN3O2. The van der Waals surface area contributed by atoms with Crippen LogP contribution in [0, 0.1) is 17.8 Å². The molecule has 0 radical (unpaired) electrons. The van der Waals surface area contributed by atoms with Crippen LogP contribution < -0.4 is 0 Å². The molecule has 0 bridgehead atoms. The van der Waals surface area contributed by atoms with Crippen LogP contribution >= 0.6 is 0 Å². The van der Waals surface area contributed by atoms with Gasteiger partial charge in [-0.25, -0.2) is 4.98 Å². The molecule has 2 aliphatic rings. The van der Waals surface area contributed by atoms with Crippen LogP contribution in [0.4, 0.5) is 4.39 Å².